The van der Waals surface area contributed by atoms with Crippen molar-refractivity contribution in [3.05, 3.63) is 42.1 Å². The van der Waals surface area contributed by atoms with Gasteiger partial charge in [-0.15, -0.1) is 0 Å². The first-order chi connectivity index (χ1) is 6.70. The fourth-order valence-corrected chi connectivity index (χ4v) is 1.89. The van der Waals surface area contributed by atoms with E-state index in [-0.39, 0.29) is 0 Å². The van der Waals surface area contributed by atoms with Gasteiger partial charge >= 0.3 is 0 Å². The van der Waals surface area contributed by atoms with Gasteiger partial charge in [0.05, 0.1) is 0 Å². The maximum atomic E-state index is 2.24. The van der Waals surface area contributed by atoms with Crippen molar-refractivity contribution in [2.75, 3.05) is 0 Å². The van der Waals surface area contributed by atoms with Gasteiger partial charge in [0.15, 0.2) is 6.20 Å². The highest BCUT2D eigenvalue weighted by molar-refractivity contribution is 5.79. The number of hydrogen-bond donors (Lipinski definition) is 0. The van der Waals surface area contributed by atoms with Crippen molar-refractivity contribution in [2.45, 2.75) is 19.8 Å². The van der Waals surface area contributed by atoms with Crippen LogP contribution in [-0.2, 0) is 7.05 Å². The molecule has 1 nitrogen and oxygen atoms in total. The van der Waals surface area contributed by atoms with E-state index in [0.29, 0.717) is 5.92 Å². The van der Waals surface area contributed by atoms with Crippen LogP contribution in [0.1, 0.15) is 25.3 Å². The fraction of sp³-hybridized carbons (Fsp3) is 0.308. The number of hydrogen-bond acceptors (Lipinski definition) is 0. The van der Waals surface area contributed by atoms with Crippen molar-refractivity contribution >= 4 is 10.9 Å². The number of para-hydroxylation sites is 1. The van der Waals surface area contributed by atoms with Crippen LogP contribution in [0.25, 0.3) is 10.9 Å². The molecule has 14 heavy (non-hydrogen) atoms. The summed E-state index contributed by atoms with van der Waals surface area (Å²) in [6, 6.07) is 10.8. The van der Waals surface area contributed by atoms with Gasteiger partial charge in [0.1, 0.15) is 7.05 Å². The van der Waals surface area contributed by atoms with E-state index >= 15 is 0 Å². The van der Waals surface area contributed by atoms with Gasteiger partial charge < -0.3 is 0 Å². The molecule has 2 rings (SSSR count). The molecule has 0 aliphatic rings. The molecule has 0 radical (unpaired) electrons. The minimum Gasteiger partial charge on any atom is -0.201 e. The normalized spacial score (nSPS) is 11.1. The Balaban J connectivity index is 2.82. The Hall–Kier alpha value is -1.37. The van der Waals surface area contributed by atoms with E-state index in [4.69, 9.17) is 0 Å². The van der Waals surface area contributed by atoms with Gasteiger partial charge in [-0.05, 0) is 17.5 Å². The molecule has 0 fully saturated rings. The van der Waals surface area contributed by atoms with Gasteiger partial charge in [-0.1, -0.05) is 26.0 Å². The van der Waals surface area contributed by atoms with Gasteiger partial charge in [-0.25, -0.2) is 4.57 Å². The third kappa shape index (κ3) is 1.39. The van der Waals surface area contributed by atoms with Gasteiger partial charge in [-0.2, -0.15) is 0 Å². The van der Waals surface area contributed by atoms with Crippen molar-refractivity contribution in [1.82, 2.24) is 0 Å². The lowest BCUT2D eigenvalue weighted by molar-refractivity contribution is -0.644. The molecule has 0 aliphatic carbocycles. The number of rotatable bonds is 1. The first-order valence-electron chi connectivity index (χ1n) is 5.07. The van der Waals surface area contributed by atoms with Gasteiger partial charge in [0.2, 0.25) is 5.52 Å². The molecule has 1 heterocycles. The smallest absolute Gasteiger partial charge is 0.201 e. The molecule has 1 aromatic heterocycles. The summed E-state index contributed by atoms with van der Waals surface area (Å²) < 4.78 is 2.17. The summed E-state index contributed by atoms with van der Waals surface area (Å²) in [5.74, 6) is 0.584. The number of fused-ring (bicyclic) bond motifs is 1. The SMILES string of the molecule is CC(C)c1cc[n+](C)c2ccccc12. The second kappa shape index (κ2) is 3.41. The molecular formula is C13H16N+. The third-order valence-electron chi connectivity index (χ3n) is 2.69. The zero-order valence-corrected chi connectivity index (χ0v) is 8.99. The average molecular weight is 186 g/mol. The van der Waals surface area contributed by atoms with Crippen LogP contribution >= 0.6 is 0 Å². The standard InChI is InChI=1S/C13H16N/c1-10(2)11-8-9-14(3)13-7-5-4-6-12(11)13/h4-10H,1-3H3/q+1. The largest absolute Gasteiger partial charge is 0.212 e. The lowest BCUT2D eigenvalue weighted by Gasteiger charge is -2.07. The number of benzene rings is 1. The van der Waals surface area contributed by atoms with E-state index < -0.39 is 0 Å². The summed E-state index contributed by atoms with van der Waals surface area (Å²) in [7, 11) is 2.09. The van der Waals surface area contributed by atoms with Crippen LogP contribution in [0.5, 0.6) is 0 Å². The van der Waals surface area contributed by atoms with Crippen molar-refractivity contribution in [2.24, 2.45) is 7.05 Å². The summed E-state index contributed by atoms with van der Waals surface area (Å²) in [6.45, 7) is 4.48. The van der Waals surface area contributed by atoms with Crippen LogP contribution in [-0.4, -0.2) is 0 Å². The molecule has 0 saturated heterocycles. The summed E-state index contributed by atoms with van der Waals surface area (Å²) in [6.07, 6.45) is 2.14. The molecule has 72 valence electrons. The Morgan fingerprint density at radius 1 is 1.07 bits per heavy atom. The lowest BCUT2D eigenvalue weighted by Crippen LogP contribution is -2.28. The molecular weight excluding hydrogens is 170 g/mol. The summed E-state index contributed by atoms with van der Waals surface area (Å²) in [4.78, 5) is 0. The van der Waals surface area contributed by atoms with Gasteiger partial charge in [0, 0.05) is 17.5 Å². The predicted octanol–water partition coefficient (Wildman–Crippen LogP) is 2.79. The van der Waals surface area contributed by atoms with Crippen molar-refractivity contribution in [1.29, 1.82) is 0 Å². The van der Waals surface area contributed by atoms with E-state index in [1.54, 1.807) is 0 Å². The first kappa shape index (κ1) is 9.20. The maximum absolute atomic E-state index is 2.24. The monoisotopic (exact) mass is 186 g/mol. The van der Waals surface area contributed by atoms with Crippen LogP contribution in [0.3, 0.4) is 0 Å². The predicted molar refractivity (Wildman–Crippen MR) is 59.2 cm³/mol. The van der Waals surface area contributed by atoms with Crippen LogP contribution < -0.4 is 4.57 Å². The highest BCUT2D eigenvalue weighted by atomic mass is 14.9. The quantitative estimate of drug-likeness (QED) is 0.603. The van der Waals surface area contributed by atoms with E-state index in [0.717, 1.165) is 0 Å². The second-order valence-corrected chi connectivity index (χ2v) is 4.05. The maximum Gasteiger partial charge on any atom is 0.212 e. The topological polar surface area (TPSA) is 3.88 Å². The van der Waals surface area contributed by atoms with Gasteiger partial charge in [-0.3, -0.25) is 0 Å². The number of aryl methyl sites for hydroxylation is 1. The minimum atomic E-state index is 0.584. The molecule has 0 bridgehead atoms. The van der Waals surface area contributed by atoms with Crippen LogP contribution in [0, 0.1) is 0 Å². The Morgan fingerprint density at radius 3 is 2.50 bits per heavy atom. The van der Waals surface area contributed by atoms with E-state index in [1.165, 1.54) is 16.5 Å². The first-order valence-corrected chi connectivity index (χ1v) is 5.07. The van der Waals surface area contributed by atoms with E-state index in [1.807, 2.05) is 0 Å². The third-order valence-corrected chi connectivity index (χ3v) is 2.69. The summed E-state index contributed by atoms with van der Waals surface area (Å²) in [5, 5.41) is 1.37. The molecule has 0 N–H and O–H groups in total. The van der Waals surface area contributed by atoms with Crippen molar-refractivity contribution in [3.63, 3.8) is 0 Å². The van der Waals surface area contributed by atoms with E-state index in [2.05, 4.69) is 62.0 Å². The number of aromatic nitrogens is 1. The molecule has 2 aromatic rings. The molecule has 0 spiro atoms. The molecule has 0 saturated carbocycles. The molecule has 0 aliphatic heterocycles. The van der Waals surface area contributed by atoms with E-state index in [9.17, 15) is 0 Å². The summed E-state index contributed by atoms with van der Waals surface area (Å²) in [5.41, 5.74) is 2.73. The van der Waals surface area contributed by atoms with Crippen molar-refractivity contribution < 1.29 is 4.57 Å². The molecule has 0 atom stereocenters. The van der Waals surface area contributed by atoms with Gasteiger partial charge in [0.25, 0.3) is 0 Å². The zero-order chi connectivity index (χ0) is 10.1. The Morgan fingerprint density at radius 2 is 1.79 bits per heavy atom. The Bertz CT molecular complexity index is 458. The zero-order valence-electron chi connectivity index (χ0n) is 8.99. The van der Waals surface area contributed by atoms with Crippen LogP contribution in [0.2, 0.25) is 0 Å². The average Bonchev–Trinajstić information content (AvgIpc) is 2.18. The highest BCUT2D eigenvalue weighted by Crippen LogP contribution is 2.22. The number of pyridine rings is 1. The van der Waals surface area contributed by atoms with Crippen LogP contribution in [0.15, 0.2) is 36.5 Å². The summed E-state index contributed by atoms with van der Waals surface area (Å²) >= 11 is 0. The highest BCUT2D eigenvalue weighted by Gasteiger charge is 2.10. The molecule has 0 amide bonds. The fourth-order valence-electron chi connectivity index (χ4n) is 1.89. The lowest BCUT2D eigenvalue weighted by atomic mass is 9.99. The number of nitrogens with zero attached hydrogens (tertiary/aromatic N) is 1. The van der Waals surface area contributed by atoms with Crippen molar-refractivity contribution in [3.8, 4) is 0 Å². The second-order valence-electron chi connectivity index (χ2n) is 4.05. The minimum absolute atomic E-state index is 0.584. The Kier molecular flexibility index (Phi) is 2.24. The molecule has 1 heteroatoms. The molecule has 0 unspecified atom stereocenters. The molecule has 1 aromatic carbocycles. The van der Waals surface area contributed by atoms with Crippen LogP contribution in [0.4, 0.5) is 0 Å². The Labute approximate surface area is 85.0 Å².